The lowest BCUT2D eigenvalue weighted by Crippen LogP contribution is -2.52. The Morgan fingerprint density at radius 3 is 2.26 bits per heavy atom. The summed E-state index contributed by atoms with van der Waals surface area (Å²) < 4.78 is 1.96. The summed E-state index contributed by atoms with van der Waals surface area (Å²) in [6, 6.07) is 39.1. The van der Waals surface area contributed by atoms with Gasteiger partial charge < -0.3 is 0 Å². The van der Waals surface area contributed by atoms with E-state index in [1.54, 1.807) is 0 Å². The van der Waals surface area contributed by atoms with Crippen LogP contribution in [-0.2, 0) is 16.4 Å². The van der Waals surface area contributed by atoms with Crippen molar-refractivity contribution in [2.75, 3.05) is 6.54 Å². The summed E-state index contributed by atoms with van der Waals surface area (Å²) in [5, 5.41) is 0.679. The van der Waals surface area contributed by atoms with E-state index in [0.717, 1.165) is 42.8 Å². The maximum atomic E-state index is 14.2. The van der Waals surface area contributed by atoms with Crippen molar-refractivity contribution in [3.63, 3.8) is 0 Å². The van der Waals surface area contributed by atoms with E-state index in [0.29, 0.717) is 11.4 Å². The predicted molar refractivity (Wildman–Crippen MR) is 149 cm³/mol. The monoisotopic (exact) mass is 493 g/mol. The zero-order chi connectivity index (χ0) is 25.1. The summed E-state index contributed by atoms with van der Waals surface area (Å²) in [5.74, 6) is 0.897. The van der Waals surface area contributed by atoms with Gasteiger partial charge in [0.2, 0.25) is 0 Å². The first-order valence-electron chi connectivity index (χ1n) is 13.8. The highest BCUT2D eigenvalue weighted by atomic mass is 16.1. The molecule has 4 heteroatoms. The third-order valence-electron chi connectivity index (χ3n) is 10.2. The van der Waals surface area contributed by atoms with Crippen molar-refractivity contribution >= 4 is 10.9 Å². The topological polar surface area (TPSA) is 38.1 Å². The lowest BCUT2D eigenvalue weighted by molar-refractivity contribution is 0.116. The minimum absolute atomic E-state index is 0.0340. The molecule has 0 N–H and O–H groups in total. The molecule has 5 aromatic rings. The van der Waals surface area contributed by atoms with E-state index in [-0.39, 0.29) is 16.4 Å². The molecule has 184 valence electrons. The summed E-state index contributed by atoms with van der Waals surface area (Å²) in [7, 11) is 0. The van der Waals surface area contributed by atoms with Crippen LogP contribution >= 0.6 is 0 Å². The van der Waals surface area contributed by atoms with E-state index in [1.165, 1.54) is 16.7 Å². The predicted octanol–water partition coefficient (Wildman–Crippen LogP) is 5.70. The second-order valence-corrected chi connectivity index (χ2v) is 11.5. The maximum Gasteiger partial charge on any atom is 0.266 e. The fourth-order valence-corrected chi connectivity index (χ4v) is 9.12. The fraction of sp³-hybridized carbons (Fsp3) is 0.235. The average Bonchev–Trinajstić information content (AvgIpc) is 3.22. The number of hydrogen-bond acceptors (Lipinski definition) is 3. The van der Waals surface area contributed by atoms with Crippen molar-refractivity contribution in [2.24, 2.45) is 0 Å². The molecule has 1 aliphatic carbocycles. The summed E-state index contributed by atoms with van der Waals surface area (Å²) in [4.78, 5) is 22.4. The Kier molecular flexibility index (Phi) is 3.80. The van der Waals surface area contributed by atoms with Crippen molar-refractivity contribution in [1.82, 2.24) is 14.5 Å². The molecule has 0 unspecified atom stereocenters. The first kappa shape index (κ1) is 21.0. The van der Waals surface area contributed by atoms with Crippen LogP contribution in [0.4, 0.5) is 0 Å². The van der Waals surface area contributed by atoms with Gasteiger partial charge in [-0.05, 0) is 55.1 Å². The van der Waals surface area contributed by atoms with Crippen LogP contribution in [0.1, 0.15) is 41.8 Å². The number of hydrogen-bond donors (Lipinski definition) is 0. The van der Waals surface area contributed by atoms with E-state index in [2.05, 4.69) is 89.8 Å². The average molecular weight is 494 g/mol. The van der Waals surface area contributed by atoms with Gasteiger partial charge in [0.1, 0.15) is 11.4 Å². The molecule has 38 heavy (non-hydrogen) atoms. The Morgan fingerprint density at radius 1 is 0.763 bits per heavy atom. The summed E-state index contributed by atoms with van der Waals surface area (Å²) in [6.07, 6.45) is 3.36. The lowest BCUT2D eigenvalue weighted by Gasteiger charge is -2.43. The highest BCUT2D eigenvalue weighted by Gasteiger charge is 2.89. The molecule has 4 aromatic carbocycles. The number of rotatable bonds is 2. The first-order chi connectivity index (χ1) is 18.7. The lowest BCUT2D eigenvalue weighted by atomic mass is 9.68. The van der Waals surface area contributed by atoms with Gasteiger partial charge in [0, 0.05) is 22.4 Å². The van der Waals surface area contributed by atoms with Crippen molar-refractivity contribution in [3.05, 3.63) is 142 Å². The Morgan fingerprint density at radius 2 is 1.45 bits per heavy atom. The Labute approximate surface area is 221 Å². The van der Waals surface area contributed by atoms with Crippen LogP contribution in [0, 0.1) is 0 Å². The van der Waals surface area contributed by atoms with Crippen LogP contribution in [-0.4, -0.2) is 27.0 Å². The molecule has 4 nitrogen and oxygen atoms in total. The third kappa shape index (κ3) is 2.06. The third-order valence-corrected chi connectivity index (χ3v) is 10.2. The van der Waals surface area contributed by atoms with Crippen molar-refractivity contribution < 1.29 is 0 Å². The number of aromatic nitrogens is 2. The summed E-state index contributed by atoms with van der Waals surface area (Å²) >= 11 is 0. The SMILES string of the molecule is O=c1c2ccccc2nc2n1-c1ccccc1[C@@]21N2CCC[C@@H]2[C@]2(c3ccccc3)C[C@]12c1ccccc1. The molecule has 9 rings (SSSR count). The van der Waals surface area contributed by atoms with Gasteiger partial charge in [-0.3, -0.25) is 14.3 Å². The zero-order valence-corrected chi connectivity index (χ0v) is 21.0. The van der Waals surface area contributed by atoms with Crippen LogP contribution in [0.2, 0.25) is 0 Å². The zero-order valence-electron chi connectivity index (χ0n) is 21.0. The molecule has 4 aliphatic rings. The van der Waals surface area contributed by atoms with Crippen LogP contribution < -0.4 is 5.56 Å². The summed E-state index contributed by atoms with van der Waals surface area (Å²) in [5.41, 5.74) is 5.00. The molecular formula is C34H27N3O. The van der Waals surface area contributed by atoms with Gasteiger partial charge >= 0.3 is 0 Å². The molecule has 3 fully saturated rings. The number of benzene rings is 4. The van der Waals surface area contributed by atoms with Gasteiger partial charge in [-0.2, -0.15) is 0 Å². The first-order valence-corrected chi connectivity index (χ1v) is 13.8. The highest BCUT2D eigenvalue weighted by Crippen LogP contribution is 2.84. The van der Waals surface area contributed by atoms with Crippen LogP contribution in [0.15, 0.2) is 114 Å². The normalized spacial score (nSPS) is 30.3. The van der Waals surface area contributed by atoms with Gasteiger partial charge in [0.05, 0.1) is 16.6 Å². The van der Waals surface area contributed by atoms with Crippen molar-refractivity contribution in [1.29, 1.82) is 0 Å². The summed E-state index contributed by atoms with van der Waals surface area (Å²) in [6.45, 7) is 1.00. The molecule has 3 aliphatic heterocycles. The Bertz CT molecular complexity index is 1830. The van der Waals surface area contributed by atoms with E-state index >= 15 is 0 Å². The highest BCUT2D eigenvalue weighted by molar-refractivity contribution is 5.80. The van der Waals surface area contributed by atoms with E-state index in [4.69, 9.17) is 4.98 Å². The Hall–Kier alpha value is -4.02. The number of para-hydroxylation sites is 2. The van der Waals surface area contributed by atoms with Crippen LogP contribution in [0.25, 0.3) is 16.6 Å². The minimum Gasteiger partial charge on any atom is -0.282 e. The van der Waals surface area contributed by atoms with Gasteiger partial charge in [-0.1, -0.05) is 91.0 Å². The molecule has 4 heterocycles. The standard InChI is InChI=1S/C34H27N3O/c38-30-25-16-7-9-18-27(25)35-31-34(26-17-8-10-19-28(26)37(30)31)33(24-14-5-2-6-15-24)22-32(33,23-12-3-1-4-13-23)29-20-11-21-36(29)34/h1-10,12-19,29H,11,20-22H2/t29-,32-,33-,34-/m1/s1. The second-order valence-electron chi connectivity index (χ2n) is 11.5. The number of nitrogens with zero attached hydrogens (tertiary/aromatic N) is 3. The molecule has 2 saturated heterocycles. The molecular weight excluding hydrogens is 466 g/mol. The quantitative estimate of drug-likeness (QED) is 0.317. The molecule has 0 radical (unpaired) electrons. The minimum atomic E-state index is -0.523. The molecule has 0 bridgehead atoms. The van der Waals surface area contributed by atoms with Crippen LogP contribution in [0.3, 0.4) is 0 Å². The molecule has 4 atom stereocenters. The molecule has 1 saturated carbocycles. The van der Waals surface area contributed by atoms with Gasteiger partial charge in [-0.25, -0.2) is 4.98 Å². The van der Waals surface area contributed by atoms with Crippen molar-refractivity contribution in [2.45, 2.75) is 41.7 Å². The Balaban J connectivity index is 1.49. The van der Waals surface area contributed by atoms with E-state index in [1.807, 2.05) is 28.8 Å². The number of fused-ring (bicyclic) bond motifs is 11. The maximum absolute atomic E-state index is 14.2. The largest absolute Gasteiger partial charge is 0.282 e. The fourth-order valence-electron chi connectivity index (χ4n) is 9.12. The van der Waals surface area contributed by atoms with E-state index < -0.39 is 5.54 Å². The smallest absolute Gasteiger partial charge is 0.266 e. The molecule has 1 aromatic heterocycles. The van der Waals surface area contributed by atoms with Gasteiger partial charge in [0.25, 0.3) is 5.56 Å². The number of piperidine rings is 1. The van der Waals surface area contributed by atoms with Crippen LogP contribution in [0.5, 0.6) is 0 Å². The van der Waals surface area contributed by atoms with E-state index in [9.17, 15) is 4.79 Å². The van der Waals surface area contributed by atoms with Gasteiger partial charge in [-0.15, -0.1) is 0 Å². The second kappa shape index (κ2) is 6.89. The molecule has 1 spiro atoms. The van der Waals surface area contributed by atoms with Crippen molar-refractivity contribution in [3.8, 4) is 5.69 Å². The van der Waals surface area contributed by atoms with Gasteiger partial charge in [0.15, 0.2) is 0 Å². The molecule has 0 amide bonds.